The first kappa shape index (κ1) is 19.9. The fourth-order valence-electron chi connectivity index (χ4n) is 3.36. The van der Waals surface area contributed by atoms with Crippen molar-refractivity contribution >= 4 is 5.65 Å². The molecule has 160 valence electrons. The summed E-state index contributed by atoms with van der Waals surface area (Å²) in [6.07, 6.45) is -4.64. The number of halogens is 3. The van der Waals surface area contributed by atoms with Crippen molar-refractivity contribution in [2.45, 2.75) is 20.0 Å². The number of rotatable bonds is 3. The van der Waals surface area contributed by atoms with Gasteiger partial charge in [-0.25, -0.2) is 9.50 Å². The Kier molecular flexibility index (Phi) is 4.54. The van der Waals surface area contributed by atoms with Gasteiger partial charge in [0.1, 0.15) is 0 Å². The van der Waals surface area contributed by atoms with Crippen LogP contribution in [-0.2, 0) is 6.18 Å². The maximum atomic E-state index is 13.9. The quantitative estimate of drug-likeness (QED) is 0.361. The lowest BCUT2D eigenvalue weighted by atomic mass is 10.0. The monoisotopic (exact) mass is 435 g/mol. The number of hydrogen-bond donors (Lipinski definition) is 0. The average Bonchev–Trinajstić information content (AvgIpc) is 3.42. The van der Waals surface area contributed by atoms with E-state index in [1.54, 1.807) is 18.2 Å². The SMILES string of the molecule is Cc1ccc(-c2cc(C(F)(F)F)n3nc(-c4nc(-c5ccccc5)no4)cc3n2)cc1C. The van der Waals surface area contributed by atoms with Gasteiger partial charge in [0.15, 0.2) is 17.0 Å². The maximum Gasteiger partial charge on any atom is 0.433 e. The van der Waals surface area contributed by atoms with Crippen molar-refractivity contribution in [3.05, 3.63) is 77.5 Å². The van der Waals surface area contributed by atoms with Crippen LogP contribution in [0.2, 0.25) is 0 Å². The van der Waals surface area contributed by atoms with Crippen LogP contribution in [0.5, 0.6) is 0 Å². The molecule has 5 aromatic rings. The third kappa shape index (κ3) is 3.51. The molecule has 0 spiro atoms. The summed E-state index contributed by atoms with van der Waals surface area (Å²) >= 11 is 0. The number of aryl methyl sites for hydroxylation is 2. The topological polar surface area (TPSA) is 69.1 Å². The highest BCUT2D eigenvalue weighted by Gasteiger charge is 2.35. The minimum Gasteiger partial charge on any atom is -0.332 e. The predicted octanol–water partition coefficient (Wildman–Crippen LogP) is 5.75. The summed E-state index contributed by atoms with van der Waals surface area (Å²) in [7, 11) is 0. The molecule has 32 heavy (non-hydrogen) atoms. The second kappa shape index (κ2) is 7.30. The lowest BCUT2D eigenvalue weighted by Crippen LogP contribution is -2.13. The zero-order valence-corrected chi connectivity index (χ0v) is 17.1. The number of hydrogen-bond acceptors (Lipinski definition) is 5. The van der Waals surface area contributed by atoms with E-state index < -0.39 is 11.9 Å². The Morgan fingerprint density at radius 2 is 1.59 bits per heavy atom. The molecule has 0 aliphatic rings. The molecule has 6 nitrogen and oxygen atoms in total. The van der Waals surface area contributed by atoms with E-state index in [4.69, 9.17) is 4.52 Å². The van der Waals surface area contributed by atoms with Gasteiger partial charge in [0, 0.05) is 17.2 Å². The summed E-state index contributed by atoms with van der Waals surface area (Å²) in [4.78, 5) is 8.69. The van der Waals surface area contributed by atoms with Gasteiger partial charge in [0.25, 0.3) is 5.89 Å². The normalized spacial score (nSPS) is 11.9. The van der Waals surface area contributed by atoms with Crippen LogP contribution in [0.25, 0.3) is 39.9 Å². The highest BCUT2D eigenvalue weighted by Crippen LogP contribution is 2.33. The largest absolute Gasteiger partial charge is 0.433 e. The molecule has 0 N–H and O–H groups in total. The summed E-state index contributed by atoms with van der Waals surface area (Å²) < 4.78 is 47.6. The standard InChI is InChI=1S/C23H16F3N5O/c1-13-8-9-16(10-14(13)2)17-11-19(23(24,25)26)31-20(27-17)12-18(29-31)22-28-21(30-32-22)15-6-4-3-5-7-15/h3-12H,1-2H3. The average molecular weight is 435 g/mol. The van der Waals surface area contributed by atoms with Crippen LogP contribution < -0.4 is 0 Å². The van der Waals surface area contributed by atoms with Gasteiger partial charge in [0.2, 0.25) is 5.82 Å². The summed E-state index contributed by atoms with van der Waals surface area (Å²) in [6, 6.07) is 16.9. The van der Waals surface area contributed by atoms with E-state index in [2.05, 4.69) is 20.2 Å². The molecule has 2 aromatic carbocycles. The fourth-order valence-corrected chi connectivity index (χ4v) is 3.36. The van der Waals surface area contributed by atoms with Crippen molar-refractivity contribution in [2.24, 2.45) is 0 Å². The lowest BCUT2D eigenvalue weighted by molar-refractivity contribution is -0.142. The van der Waals surface area contributed by atoms with Gasteiger partial charge in [-0.3, -0.25) is 0 Å². The van der Waals surface area contributed by atoms with Crippen molar-refractivity contribution in [1.29, 1.82) is 0 Å². The van der Waals surface area contributed by atoms with Crippen molar-refractivity contribution in [3.63, 3.8) is 0 Å². The Morgan fingerprint density at radius 3 is 2.31 bits per heavy atom. The molecule has 0 atom stereocenters. The van der Waals surface area contributed by atoms with E-state index >= 15 is 0 Å². The molecule has 0 aliphatic carbocycles. The van der Waals surface area contributed by atoms with Crippen LogP contribution in [0.1, 0.15) is 16.8 Å². The first-order valence-electron chi connectivity index (χ1n) is 9.75. The van der Waals surface area contributed by atoms with E-state index in [-0.39, 0.29) is 22.9 Å². The predicted molar refractivity (Wildman–Crippen MR) is 112 cm³/mol. The van der Waals surface area contributed by atoms with Gasteiger partial charge in [-0.15, -0.1) is 0 Å². The second-order valence-electron chi connectivity index (χ2n) is 7.41. The van der Waals surface area contributed by atoms with Crippen molar-refractivity contribution in [2.75, 3.05) is 0 Å². The highest BCUT2D eigenvalue weighted by atomic mass is 19.4. The minimum absolute atomic E-state index is 0.00945. The van der Waals surface area contributed by atoms with E-state index in [1.165, 1.54) is 6.07 Å². The van der Waals surface area contributed by atoms with Gasteiger partial charge in [0.05, 0.1) is 5.69 Å². The number of fused-ring (bicyclic) bond motifs is 1. The summed E-state index contributed by atoms with van der Waals surface area (Å²) in [6.45, 7) is 3.84. The summed E-state index contributed by atoms with van der Waals surface area (Å²) in [5.41, 5.74) is 2.72. The molecule has 5 rings (SSSR count). The molecule has 0 fully saturated rings. The van der Waals surface area contributed by atoms with E-state index in [9.17, 15) is 13.2 Å². The third-order valence-corrected chi connectivity index (χ3v) is 5.20. The van der Waals surface area contributed by atoms with Gasteiger partial charge in [-0.05, 0) is 37.1 Å². The number of benzene rings is 2. The number of nitrogens with zero attached hydrogens (tertiary/aromatic N) is 5. The Hall–Kier alpha value is -4.01. The van der Waals surface area contributed by atoms with Crippen LogP contribution in [0, 0.1) is 13.8 Å². The Balaban J connectivity index is 1.64. The number of aromatic nitrogens is 5. The van der Waals surface area contributed by atoms with Gasteiger partial charge < -0.3 is 4.52 Å². The molecule has 0 amide bonds. The molecule has 0 bridgehead atoms. The van der Waals surface area contributed by atoms with Crippen LogP contribution >= 0.6 is 0 Å². The van der Waals surface area contributed by atoms with Crippen LogP contribution in [-0.4, -0.2) is 24.7 Å². The van der Waals surface area contributed by atoms with E-state index in [0.29, 0.717) is 11.4 Å². The van der Waals surface area contributed by atoms with Crippen molar-refractivity contribution in [3.8, 4) is 34.2 Å². The first-order chi connectivity index (χ1) is 15.3. The molecule has 9 heteroatoms. The van der Waals surface area contributed by atoms with Gasteiger partial charge in [-0.2, -0.15) is 23.3 Å². The molecule has 3 heterocycles. The maximum absolute atomic E-state index is 13.9. The molecule has 0 saturated carbocycles. The van der Waals surface area contributed by atoms with E-state index in [1.807, 2.05) is 44.2 Å². The van der Waals surface area contributed by atoms with Crippen molar-refractivity contribution in [1.82, 2.24) is 24.7 Å². The van der Waals surface area contributed by atoms with Crippen LogP contribution in [0.15, 0.2) is 65.2 Å². The van der Waals surface area contributed by atoms with Crippen LogP contribution in [0.3, 0.4) is 0 Å². The number of alkyl halides is 3. The Morgan fingerprint density at radius 1 is 0.812 bits per heavy atom. The van der Waals surface area contributed by atoms with Crippen molar-refractivity contribution < 1.29 is 17.7 Å². The molecule has 0 saturated heterocycles. The zero-order chi connectivity index (χ0) is 22.5. The fraction of sp³-hybridized carbons (Fsp3) is 0.130. The smallest absolute Gasteiger partial charge is 0.332 e. The molecule has 0 aliphatic heterocycles. The molecule has 0 radical (unpaired) electrons. The molecule has 3 aromatic heterocycles. The third-order valence-electron chi connectivity index (χ3n) is 5.20. The molecular formula is C23H16F3N5O. The minimum atomic E-state index is -4.64. The highest BCUT2D eigenvalue weighted by molar-refractivity contribution is 5.67. The molecular weight excluding hydrogens is 419 g/mol. The zero-order valence-electron chi connectivity index (χ0n) is 17.1. The first-order valence-corrected chi connectivity index (χ1v) is 9.75. The van der Waals surface area contributed by atoms with Gasteiger partial charge in [-0.1, -0.05) is 47.6 Å². The summed E-state index contributed by atoms with van der Waals surface area (Å²) in [5, 5.41) is 7.97. The summed E-state index contributed by atoms with van der Waals surface area (Å²) in [5.74, 6) is 0.327. The second-order valence-corrected chi connectivity index (χ2v) is 7.41. The Labute approximate surface area is 180 Å². The van der Waals surface area contributed by atoms with E-state index in [0.717, 1.165) is 27.3 Å². The molecule has 0 unspecified atom stereocenters. The lowest BCUT2D eigenvalue weighted by Gasteiger charge is -2.11. The Bertz CT molecular complexity index is 1440. The van der Waals surface area contributed by atoms with Gasteiger partial charge >= 0.3 is 6.18 Å². The van der Waals surface area contributed by atoms with Crippen LogP contribution in [0.4, 0.5) is 13.2 Å².